The lowest BCUT2D eigenvalue weighted by molar-refractivity contribution is -0.0131. The second-order valence-corrected chi connectivity index (χ2v) is 5.72. The third-order valence-corrected chi connectivity index (χ3v) is 4.20. The zero-order valence-corrected chi connectivity index (χ0v) is 13.0. The van der Waals surface area contributed by atoms with Crippen molar-refractivity contribution in [3.8, 4) is 6.07 Å². The Labute approximate surface area is 130 Å². The Morgan fingerprint density at radius 1 is 1.45 bits per heavy atom. The Bertz CT molecular complexity index is 681. The van der Waals surface area contributed by atoms with Gasteiger partial charge in [0.1, 0.15) is 0 Å². The first-order chi connectivity index (χ1) is 10.7. The summed E-state index contributed by atoms with van der Waals surface area (Å²) in [4.78, 5) is 2.41. The number of hydrogen-bond donors (Lipinski definition) is 1. The molecule has 5 heteroatoms. The summed E-state index contributed by atoms with van der Waals surface area (Å²) in [5.74, 6) is 0. The van der Waals surface area contributed by atoms with Gasteiger partial charge in [0.05, 0.1) is 36.6 Å². The summed E-state index contributed by atoms with van der Waals surface area (Å²) in [6.07, 6.45) is 0. The van der Waals surface area contributed by atoms with Gasteiger partial charge in [0.2, 0.25) is 0 Å². The number of H-pyrrole nitrogens is 1. The van der Waals surface area contributed by atoms with Gasteiger partial charge >= 0.3 is 0 Å². The molecule has 1 aromatic carbocycles. The monoisotopic (exact) mass is 296 g/mol. The molecule has 1 N–H and O–H groups in total. The fourth-order valence-corrected chi connectivity index (χ4v) is 3.12. The number of ether oxygens (including phenoxy) is 1. The normalized spacial score (nSPS) is 19.0. The molecule has 2 aromatic rings. The van der Waals surface area contributed by atoms with E-state index in [4.69, 9.17) is 10.00 Å². The summed E-state index contributed by atoms with van der Waals surface area (Å²) in [5, 5.41) is 16.4. The number of rotatable bonds is 3. The van der Waals surface area contributed by atoms with Crippen molar-refractivity contribution in [2.75, 3.05) is 19.8 Å². The number of hydrogen-bond acceptors (Lipinski definition) is 4. The zero-order chi connectivity index (χ0) is 15.5. The Morgan fingerprint density at radius 2 is 2.32 bits per heavy atom. The van der Waals surface area contributed by atoms with Crippen LogP contribution in [0.15, 0.2) is 24.3 Å². The minimum Gasteiger partial charge on any atom is -0.378 e. The van der Waals surface area contributed by atoms with Gasteiger partial charge in [-0.1, -0.05) is 12.1 Å². The maximum absolute atomic E-state index is 9.05. The summed E-state index contributed by atoms with van der Waals surface area (Å²) in [6.45, 7) is 7.20. The van der Waals surface area contributed by atoms with Gasteiger partial charge in [0, 0.05) is 24.3 Å². The van der Waals surface area contributed by atoms with E-state index in [-0.39, 0.29) is 6.04 Å². The van der Waals surface area contributed by atoms with Gasteiger partial charge in [-0.15, -0.1) is 0 Å². The molecule has 0 aliphatic carbocycles. The van der Waals surface area contributed by atoms with Crippen LogP contribution in [-0.4, -0.2) is 34.9 Å². The van der Waals surface area contributed by atoms with Crippen LogP contribution in [0.4, 0.5) is 0 Å². The molecular weight excluding hydrogens is 276 g/mol. The lowest BCUT2D eigenvalue weighted by Crippen LogP contribution is -2.39. The van der Waals surface area contributed by atoms with Crippen LogP contribution in [0.5, 0.6) is 0 Å². The molecule has 1 aliphatic heterocycles. The van der Waals surface area contributed by atoms with Crippen LogP contribution in [0.3, 0.4) is 0 Å². The Morgan fingerprint density at radius 3 is 3.05 bits per heavy atom. The number of morpholine rings is 1. The Hall–Kier alpha value is -2.16. The Kier molecular flexibility index (Phi) is 4.23. The van der Waals surface area contributed by atoms with Crippen molar-refractivity contribution in [1.29, 1.82) is 5.26 Å². The number of aromatic nitrogens is 2. The fourth-order valence-electron chi connectivity index (χ4n) is 3.12. The Balaban J connectivity index is 1.85. The van der Waals surface area contributed by atoms with Gasteiger partial charge in [-0.2, -0.15) is 10.4 Å². The predicted octanol–water partition coefficient (Wildman–Crippen LogP) is 2.47. The molecule has 0 saturated carbocycles. The molecule has 0 radical (unpaired) electrons. The molecule has 1 saturated heterocycles. The van der Waals surface area contributed by atoms with Crippen molar-refractivity contribution >= 4 is 0 Å². The molecule has 0 unspecified atom stereocenters. The minimum atomic E-state index is 0.207. The highest BCUT2D eigenvalue weighted by Crippen LogP contribution is 2.29. The fraction of sp³-hybridized carbons (Fsp3) is 0.412. The van der Waals surface area contributed by atoms with Crippen molar-refractivity contribution in [1.82, 2.24) is 15.1 Å². The van der Waals surface area contributed by atoms with Gasteiger partial charge in [0.25, 0.3) is 0 Å². The van der Waals surface area contributed by atoms with Gasteiger partial charge in [-0.3, -0.25) is 10.00 Å². The van der Waals surface area contributed by atoms with E-state index in [1.807, 2.05) is 25.1 Å². The van der Waals surface area contributed by atoms with E-state index in [0.717, 1.165) is 36.6 Å². The molecule has 5 nitrogen and oxygen atoms in total. The van der Waals surface area contributed by atoms with Crippen LogP contribution in [0.2, 0.25) is 0 Å². The molecule has 1 aliphatic rings. The van der Waals surface area contributed by atoms with Crippen LogP contribution in [0.25, 0.3) is 0 Å². The van der Waals surface area contributed by atoms with Crippen molar-refractivity contribution in [3.05, 3.63) is 52.3 Å². The van der Waals surface area contributed by atoms with E-state index < -0.39 is 0 Å². The largest absolute Gasteiger partial charge is 0.378 e. The van der Waals surface area contributed by atoms with Gasteiger partial charge in [-0.05, 0) is 31.5 Å². The van der Waals surface area contributed by atoms with E-state index in [1.165, 1.54) is 5.56 Å². The lowest BCUT2D eigenvalue weighted by Gasteiger charge is -2.36. The third kappa shape index (κ3) is 2.89. The quantitative estimate of drug-likeness (QED) is 0.945. The van der Waals surface area contributed by atoms with Crippen LogP contribution < -0.4 is 0 Å². The molecule has 3 rings (SSSR count). The molecule has 0 amide bonds. The van der Waals surface area contributed by atoms with Gasteiger partial charge in [0.15, 0.2) is 0 Å². The number of nitrogens with zero attached hydrogens (tertiary/aromatic N) is 3. The van der Waals surface area contributed by atoms with E-state index in [9.17, 15) is 0 Å². The molecule has 1 fully saturated rings. The van der Waals surface area contributed by atoms with Crippen LogP contribution >= 0.6 is 0 Å². The first kappa shape index (κ1) is 14.8. The van der Waals surface area contributed by atoms with Crippen LogP contribution in [-0.2, 0) is 11.3 Å². The molecule has 0 bridgehead atoms. The number of aromatic amines is 1. The number of benzene rings is 1. The second-order valence-electron chi connectivity index (χ2n) is 5.72. The first-order valence-corrected chi connectivity index (χ1v) is 7.51. The molecular formula is C17H20N4O. The number of aryl methyl sites for hydroxylation is 2. The van der Waals surface area contributed by atoms with Crippen molar-refractivity contribution in [3.63, 3.8) is 0 Å². The smallest absolute Gasteiger partial charge is 0.0991 e. The first-order valence-electron chi connectivity index (χ1n) is 7.51. The summed E-state index contributed by atoms with van der Waals surface area (Å²) < 4.78 is 5.69. The highest BCUT2D eigenvalue weighted by molar-refractivity contribution is 5.33. The minimum absolute atomic E-state index is 0.207. The molecule has 1 aromatic heterocycles. The topological polar surface area (TPSA) is 64.9 Å². The highest BCUT2D eigenvalue weighted by atomic mass is 16.5. The predicted molar refractivity (Wildman–Crippen MR) is 83.2 cm³/mol. The van der Waals surface area contributed by atoms with Gasteiger partial charge < -0.3 is 4.74 Å². The van der Waals surface area contributed by atoms with Gasteiger partial charge in [-0.25, -0.2) is 0 Å². The summed E-state index contributed by atoms with van der Waals surface area (Å²) in [6, 6.07) is 10.2. The van der Waals surface area contributed by atoms with E-state index in [1.54, 1.807) is 0 Å². The van der Waals surface area contributed by atoms with Crippen molar-refractivity contribution in [2.24, 2.45) is 0 Å². The van der Waals surface area contributed by atoms with Crippen molar-refractivity contribution in [2.45, 2.75) is 26.4 Å². The molecule has 114 valence electrons. The molecule has 1 atom stereocenters. The number of nitriles is 1. The van der Waals surface area contributed by atoms with E-state index in [2.05, 4.69) is 34.2 Å². The van der Waals surface area contributed by atoms with E-state index in [0.29, 0.717) is 12.2 Å². The van der Waals surface area contributed by atoms with Crippen molar-refractivity contribution < 1.29 is 4.74 Å². The second kappa shape index (κ2) is 6.30. The maximum atomic E-state index is 9.05. The molecule has 0 spiro atoms. The summed E-state index contributed by atoms with van der Waals surface area (Å²) >= 11 is 0. The van der Waals surface area contributed by atoms with Crippen LogP contribution in [0, 0.1) is 25.2 Å². The standard InChI is InChI=1S/C17H20N4O/c1-12-17(13(2)20-19-12)16-11-22-7-6-21(16)10-15-5-3-4-14(8-15)9-18/h3-5,8,16H,6-7,10-11H2,1-2H3,(H,19,20)/t16-/m1/s1. The third-order valence-electron chi connectivity index (χ3n) is 4.20. The number of nitrogens with one attached hydrogen (secondary N) is 1. The average molecular weight is 296 g/mol. The summed E-state index contributed by atoms with van der Waals surface area (Å²) in [7, 11) is 0. The molecule has 2 heterocycles. The van der Waals surface area contributed by atoms with Crippen LogP contribution in [0.1, 0.15) is 34.1 Å². The summed E-state index contributed by atoms with van der Waals surface area (Å²) in [5.41, 5.74) is 5.23. The van der Waals surface area contributed by atoms with E-state index >= 15 is 0 Å². The SMILES string of the molecule is Cc1n[nH]c(C)c1[C@H]1COCCN1Cc1cccc(C#N)c1. The molecule has 22 heavy (non-hydrogen) atoms. The average Bonchev–Trinajstić information content (AvgIpc) is 2.87. The zero-order valence-electron chi connectivity index (χ0n) is 13.0. The highest BCUT2D eigenvalue weighted by Gasteiger charge is 2.28. The lowest BCUT2D eigenvalue weighted by atomic mass is 10.0. The maximum Gasteiger partial charge on any atom is 0.0991 e.